The fourth-order valence-electron chi connectivity index (χ4n) is 2.75. The molecule has 0 spiro atoms. The molecular weight excluding hydrogens is 304 g/mol. The van der Waals surface area contributed by atoms with Crippen molar-refractivity contribution in [1.82, 2.24) is 4.72 Å². The molecule has 2 rings (SSSR count). The Kier molecular flexibility index (Phi) is 5.01. The van der Waals surface area contributed by atoms with Crippen LogP contribution in [0.5, 0.6) is 0 Å². The molecule has 0 unspecified atom stereocenters. The van der Waals surface area contributed by atoms with Crippen molar-refractivity contribution in [3.8, 4) is 0 Å². The van der Waals surface area contributed by atoms with Gasteiger partial charge in [0.05, 0.1) is 4.90 Å². The van der Waals surface area contributed by atoms with E-state index in [4.69, 9.17) is 18.0 Å². The third-order valence-electron chi connectivity index (χ3n) is 4.18. The van der Waals surface area contributed by atoms with E-state index < -0.39 is 10.0 Å². The largest absolute Gasteiger partial charge is 0.389 e. The highest BCUT2D eigenvalue weighted by Gasteiger charge is 2.28. The van der Waals surface area contributed by atoms with Crippen molar-refractivity contribution in [2.45, 2.75) is 43.9 Å². The lowest BCUT2D eigenvalue weighted by molar-refractivity contribution is 0.219. The normalized spacial score (nSPS) is 18.3. The number of hydrogen-bond donors (Lipinski definition) is 2. The highest BCUT2D eigenvalue weighted by atomic mass is 32.2. The summed E-state index contributed by atoms with van der Waals surface area (Å²) in [5.41, 5.74) is 6.18. The maximum absolute atomic E-state index is 12.4. The maximum Gasteiger partial charge on any atom is 0.240 e. The molecule has 0 aromatic heterocycles. The minimum Gasteiger partial charge on any atom is -0.389 e. The summed E-state index contributed by atoms with van der Waals surface area (Å²) in [7, 11) is -3.52. The van der Waals surface area contributed by atoms with Crippen molar-refractivity contribution in [1.29, 1.82) is 0 Å². The Morgan fingerprint density at radius 2 is 2.00 bits per heavy atom. The summed E-state index contributed by atoms with van der Waals surface area (Å²) in [6.07, 6.45) is 5.74. The molecule has 1 aliphatic carbocycles. The van der Waals surface area contributed by atoms with Crippen LogP contribution in [0, 0.1) is 5.41 Å². The molecule has 1 aromatic carbocycles. The molecule has 0 radical (unpaired) electrons. The molecule has 1 saturated carbocycles. The summed E-state index contributed by atoms with van der Waals surface area (Å²) in [4.78, 5) is 0.415. The van der Waals surface area contributed by atoms with Crippen molar-refractivity contribution >= 4 is 27.2 Å². The van der Waals surface area contributed by atoms with Crippen molar-refractivity contribution < 1.29 is 8.42 Å². The zero-order chi connectivity index (χ0) is 15.5. The quantitative estimate of drug-likeness (QED) is 0.816. The van der Waals surface area contributed by atoms with Gasteiger partial charge in [-0.3, -0.25) is 0 Å². The summed E-state index contributed by atoms with van der Waals surface area (Å²) < 4.78 is 27.5. The van der Waals surface area contributed by atoms with E-state index >= 15 is 0 Å². The Labute approximate surface area is 132 Å². The molecule has 1 aliphatic rings. The van der Waals surface area contributed by atoms with Gasteiger partial charge in [0.25, 0.3) is 0 Å². The van der Waals surface area contributed by atoms with E-state index in [1.54, 1.807) is 18.2 Å². The van der Waals surface area contributed by atoms with Crippen LogP contribution in [0.1, 0.15) is 44.6 Å². The fourth-order valence-corrected chi connectivity index (χ4v) is 4.12. The molecule has 0 heterocycles. The van der Waals surface area contributed by atoms with Crippen LogP contribution in [0.15, 0.2) is 29.2 Å². The van der Waals surface area contributed by atoms with E-state index in [-0.39, 0.29) is 15.3 Å². The second-order valence-corrected chi connectivity index (χ2v) is 8.29. The van der Waals surface area contributed by atoms with Gasteiger partial charge in [0.15, 0.2) is 0 Å². The SMILES string of the molecule is CC1(CNS(=O)(=O)c2cccc(C(N)=S)c2)CCCCC1. The Morgan fingerprint density at radius 3 is 2.62 bits per heavy atom. The number of nitrogens with one attached hydrogen (secondary N) is 1. The first-order valence-corrected chi connectivity index (χ1v) is 9.11. The van der Waals surface area contributed by atoms with Crippen LogP contribution >= 0.6 is 12.2 Å². The Bertz CT molecular complexity index is 620. The Balaban J connectivity index is 2.11. The van der Waals surface area contributed by atoms with Crippen molar-refractivity contribution in [3.05, 3.63) is 29.8 Å². The van der Waals surface area contributed by atoms with Crippen LogP contribution in [0.3, 0.4) is 0 Å². The van der Waals surface area contributed by atoms with Crippen molar-refractivity contribution in [2.24, 2.45) is 11.1 Å². The van der Waals surface area contributed by atoms with Gasteiger partial charge in [0, 0.05) is 12.1 Å². The van der Waals surface area contributed by atoms with E-state index in [9.17, 15) is 8.42 Å². The highest BCUT2D eigenvalue weighted by molar-refractivity contribution is 7.89. The third kappa shape index (κ3) is 4.25. The molecule has 3 N–H and O–H groups in total. The minimum atomic E-state index is -3.52. The second kappa shape index (κ2) is 6.42. The lowest BCUT2D eigenvalue weighted by atomic mass is 9.76. The molecule has 1 aromatic rings. The molecule has 21 heavy (non-hydrogen) atoms. The van der Waals surface area contributed by atoms with Crippen molar-refractivity contribution in [2.75, 3.05) is 6.54 Å². The van der Waals surface area contributed by atoms with Gasteiger partial charge in [-0.1, -0.05) is 50.5 Å². The van der Waals surface area contributed by atoms with Gasteiger partial charge >= 0.3 is 0 Å². The van der Waals surface area contributed by atoms with Gasteiger partial charge in [-0.25, -0.2) is 13.1 Å². The topological polar surface area (TPSA) is 72.2 Å². The van der Waals surface area contributed by atoms with Gasteiger partial charge in [0.1, 0.15) is 4.99 Å². The van der Waals surface area contributed by atoms with Gasteiger partial charge in [0.2, 0.25) is 10.0 Å². The molecule has 0 aliphatic heterocycles. The molecule has 4 nitrogen and oxygen atoms in total. The van der Waals surface area contributed by atoms with Crippen LogP contribution in [0.4, 0.5) is 0 Å². The summed E-state index contributed by atoms with van der Waals surface area (Å²) in [6, 6.07) is 6.45. The number of thiocarbonyl (C=S) groups is 1. The third-order valence-corrected chi connectivity index (χ3v) is 5.81. The first kappa shape index (κ1) is 16.4. The monoisotopic (exact) mass is 326 g/mol. The second-order valence-electron chi connectivity index (χ2n) is 6.09. The predicted octanol–water partition coefficient (Wildman–Crippen LogP) is 2.57. The van der Waals surface area contributed by atoms with E-state index in [2.05, 4.69) is 11.6 Å². The van der Waals surface area contributed by atoms with Gasteiger partial charge in [-0.15, -0.1) is 0 Å². The number of nitrogens with two attached hydrogens (primary N) is 1. The fraction of sp³-hybridized carbons (Fsp3) is 0.533. The first-order chi connectivity index (χ1) is 9.82. The molecule has 0 atom stereocenters. The molecular formula is C15H22N2O2S2. The van der Waals surface area contributed by atoms with Crippen LogP contribution in [0.25, 0.3) is 0 Å². The molecule has 0 bridgehead atoms. The summed E-state index contributed by atoms with van der Waals surface area (Å²) in [5, 5.41) is 0. The van der Waals surface area contributed by atoms with Crippen LogP contribution in [-0.4, -0.2) is 20.0 Å². The van der Waals surface area contributed by atoms with Gasteiger partial charge < -0.3 is 5.73 Å². The Hall–Kier alpha value is -0.980. The van der Waals surface area contributed by atoms with Crippen LogP contribution < -0.4 is 10.5 Å². The van der Waals surface area contributed by atoms with Crippen molar-refractivity contribution in [3.63, 3.8) is 0 Å². The lowest BCUT2D eigenvalue weighted by Gasteiger charge is -2.33. The highest BCUT2D eigenvalue weighted by Crippen LogP contribution is 2.35. The number of sulfonamides is 1. The average molecular weight is 326 g/mol. The molecule has 6 heteroatoms. The number of rotatable bonds is 5. The Morgan fingerprint density at radius 1 is 1.33 bits per heavy atom. The lowest BCUT2D eigenvalue weighted by Crippen LogP contribution is -2.37. The van der Waals surface area contributed by atoms with E-state index in [1.165, 1.54) is 25.3 Å². The van der Waals surface area contributed by atoms with E-state index in [1.807, 2.05) is 0 Å². The molecule has 0 amide bonds. The first-order valence-electron chi connectivity index (χ1n) is 7.22. The average Bonchev–Trinajstić information content (AvgIpc) is 2.46. The number of benzene rings is 1. The summed E-state index contributed by atoms with van der Waals surface area (Å²) in [5.74, 6) is 0. The minimum absolute atomic E-state index is 0.0616. The maximum atomic E-state index is 12.4. The zero-order valence-corrected chi connectivity index (χ0v) is 13.9. The number of hydrogen-bond acceptors (Lipinski definition) is 3. The van der Waals surface area contributed by atoms with E-state index in [0.717, 1.165) is 12.8 Å². The molecule has 1 fully saturated rings. The molecule has 0 saturated heterocycles. The van der Waals surface area contributed by atoms with Gasteiger partial charge in [-0.05, 0) is 30.4 Å². The summed E-state index contributed by atoms with van der Waals surface area (Å²) >= 11 is 4.89. The van der Waals surface area contributed by atoms with Gasteiger partial charge in [-0.2, -0.15) is 0 Å². The standard InChI is InChI=1S/C15H22N2O2S2/c1-15(8-3-2-4-9-15)11-17-21(18,19)13-7-5-6-12(10-13)14(16)20/h5-7,10,17H,2-4,8-9,11H2,1H3,(H2,16,20). The van der Waals surface area contributed by atoms with Crippen LogP contribution in [0.2, 0.25) is 0 Å². The van der Waals surface area contributed by atoms with Crippen LogP contribution in [-0.2, 0) is 10.0 Å². The smallest absolute Gasteiger partial charge is 0.240 e. The summed E-state index contributed by atoms with van der Waals surface area (Å²) in [6.45, 7) is 2.63. The van der Waals surface area contributed by atoms with E-state index in [0.29, 0.717) is 12.1 Å². The predicted molar refractivity (Wildman–Crippen MR) is 88.7 cm³/mol. The molecule has 116 valence electrons. The zero-order valence-electron chi connectivity index (χ0n) is 12.3.